The zero-order valence-electron chi connectivity index (χ0n) is 14.6. The van der Waals surface area contributed by atoms with E-state index in [9.17, 15) is 9.59 Å². The fourth-order valence-electron chi connectivity index (χ4n) is 3.07. The summed E-state index contributed by atoms with van der Waals surface area (Å²) in [4.78, 5) is 26.9. The molecule has 0 unspecified atom stereocenters. The van der Waals surface area contributed by atoms with Gasteiger partial charge in [-0.05, 0) is 42.5 Å². The molecule has 2 aromatic rings. The Bertz CT molecular complexity index is 735. The minimum Gasteiger partial charge on any atom is -0.348 e. The van der Waals surface area contributed by atoms with Crippen LogP contribution < -0.4 is 5.32 Å². The first-order valence-corrected chi connectivity index (χ1v) is 8.85. The average Bonchev–Trinajstić information content (AvgIpc) is 2.67. The monoisotopic (exact) mass is 336 g/mol. The fraction of sp³-hybridized carbons (Fsp3) is 0.333. The van der Waals surface area contributed by atoms with E-state index in [4.69, 9.17) is 0 Å². The van der Waals surface area contributed by atoms with Crippen LogP contribution in [-0.2, 0) is 6.54 Å². The van der Waals surface area contributed by atoms with Crippen LogP contribution in [0.15, 0.2) is 54.6 Å². The van der Waals surface area contributed by atoms with Crippen molar-refractivity contribution in [3.05, 3.63) is 71.3 Å². The molecule has 25 heavy (non-hydrogen) atoms. The lowest BCUT2D eigenvalue weighted by Gasteiger charge is -2.30. The number of rotatable bonds is 4. The minimum atomic E-state index is -0.161. The summed E-state index contributed by atoms with van der Waals surface area (Å²) in [6.45, 7) is 4.29. The normalized spacial score (nSPS) is 15.0. The fourth-order valence-corrected chi connectivity index (χ4v) is 3.07. The molecule has 0 spiro atoms. The van der Waals surface area contributed by atoms with E-state index in [0.29, 0.717) is 23.6 Å². The average molecular weight is 336 g/mol. The SMILES string of the molecule is CC1CCN(C(=O)c2cccc(C(=O)NCc3ccccc3)c2)CC1. The molecule has 1 N–H and O–H groups in total. The third-order valence-corrected chi connectivity index (χ3v) is 4.74. The molecular formula is C21H24N2O2. The number of nitrogens with zero attached hydrogens (tertiary/aromatic N) is 1. The van der Waals surface area contributed by atoms with Crippen molar-refractivity contribution >= 4 is 11.8 Å². The molecule has 0 aromatic heterocycles. The second kappa shape index (κ2) is 7.97. The van der Waals surface area contributed by atoms with Crippen molar-refractivity contribution in [3.63, 3.8) is 0 Å². The maximum atomic E-state index is 12.7. The largest absolute Gasteiger partial charge is 0.348 e. The highest BCUT2D eigenvalue weighted by atomic mass is 16.2. The predicted octanol–water partition coefficient (Wildman–Crippen LogP) is 3.49. The maximum absolute atomic E-state index is 12.7. The maximum Gasteiger partial charge on any atom is 0.253 e. The van der Waals surface area contributed by atoms with Crippen LogP contribution >= 0.6 is 0 Å². The molecule has 4 nitrogen and oxygen atoms in total. The van der Waals surface area contributed by atoms with Crippen LogP contribution in [-0.4, -0.2) is 29.8 Å². The molecule has 0 atom stereocenters. The standard InChI is InChI=1S/C21H24N2O2/c1-16-10-12-23(13-11-16)21(25)19-9-5-8-18(14-19)20(24)22-15-17-6-3-2-4-7-17/h2-9,14,16H,10-13,15H2,1H3,(H,22,24). The Morgan fingerprint density at radius 2 is 1.68 bits per heavy atom. The minimum absolute atomic E-state index is 0.0182. The Balaban J connectivity index is 1.64. The Labute approximate surface area is 148 Å². The van der Waals surface area contributed by atoms with Gasteiger partial charge in [0, 0.05) is 30.8 Å². The molecule has 4 heteroatoms. The van der Waals surface area contributed by atoms with Crippen LogP contribution in [0.2, 0.25) is 0 Å². The second-order valence-electron chi connectivity index (χ2n) is 6.72. The first-order chi connectivity index (χ1) is 12.1. The van der Waals surface area contributed by atoms with E-state index < -0.39 is 0 Å². The molecule has 0 saturated carbocycles. The van der Waals surface area contributed by atoms with Gasteiger partial charge in [-0.3, -0.25) is 9.59 Å². The van der Waals surface area contributed by atoms with Crippen LogP contribution in [0, 0.1) is 5.92 Å². The van der Waals surface area contributed by atoms with E-state index in [1.54, 1.807) is 24.3 Å². The summed E-state index contributed by atoms with van der Waals surface area (Å²) in [5, 5.41) is 2.90. The summed E-state index contributed by atoms with van der Waals surface area (Å²) in [6.07, 6.45) is 2.09. The zero-order valence-corrected chi connectivity index (χ0v) is 14.6. The smallest absolute Gasteiger partial charge is 0.253 e. The molecular weight excluding hydrogens is 312 g/mol. The van der Waals surface area contributed by atoms with Crippen molar-refractivity contribution in [2.45, 2.75) is 26.3 Å². The zero-order chi connectivity index (χ0) is 17.6. The highest BCUT2D eigenvalue weighted by molar-refractivity contribution is 5.99. The van der Waals surface area contributed by atoms with Gasteiger partial charge in [0.2, 0.25) is 0 Å². The number of piperidine rings is 1. The predicted molar refractivity (Wildman–Crippen MR) is 98.4 cm³/mol. The van der Waals surface area contributed by atoms with Gasteiger partial charge < -0.3 is 10.2 Å². The molecule has 2 aromatic carbocycles. The Morgan fingerprint density at radius 3 is 2.40 bits per heavy atom. The molecule has 0 radical (unpaired) electrons. The molecule has 1 heterocycles. The van der Waals surface area contributed by atoms with E-state index in [1.807, 2.05) is 35.2 Å². The highest BCUT2D eigenvalue weighted by Crippen LogP contribution is 2.18. The van der Waals surface area contributed by atoms with Crippen molar-refractivity contribution in [2.24, 2.45) is 5.92 Å². The van der Waals surface area contributed by atoms with Crippen LogP contribution in [0.4, 0.5) is 0 Å². The van der Waals surface area contributed by atoms with Gasteiger partial charge in [0.15, 0.2) is 0 Å². The van der Waals surface area contributed by atoms with Crippen molar-refractivity contribution in [1.82, 2.24) is 10.2 Å². The van der Waals surface area contributed by atoms with Gasteiger partial charge in [0.25, 0.3) is 11.8 Å². The summed E-state index contributed by atoms with van der Waals surface area (Å²) in [5.41, 5.74) is 2.15. The first kappa shape index (κ1) is 17.2. The lowest BCUT2D eigenvalue weighted by atomic mass is 9.98. The number of likely N-dealkylation sites (tertiary alicyclic amines) is 1. The molecule has 2 amide bonds. The summed E-state index contributed by atoms with van der Waals surface area (Å²) >= 11 is 0. The summed E-state index contributed by atoms with van der Waals surface area (Å²) < 4.78 is 0. The molecule has 1 aliphatic rings. The summed E-state index contributed by atoms with van der Waals surface area (Å²) in [6, 6.07) is 16.8. The lowest BCUT2D eigenvalue weighted by Crippen LogP contribution is -2.38. The van der Waals surface area contributed by atoms with Crippen molar-refractivity contribution in [1.29, 1.82) is 0 Å². The molecule has 0 bridgehead atoms. The van der Waals surface area contributed by atoms with E-state index in [1.165, 1.54) is 0 Å². The number of hydrogen-bond acceptors (Lipinski definition) is 2. The van der Waals surface area contributed by atoms with E-state index in [2.05, 4.69) is 12.2 Å². The third kappa shape index (κ3) is 4.47. The number of carbonyl (C=O) groups is 2. The van der Waals surface area contributed by atoms with Crippen LogP contribution in [0.25, 0.3) is 0 Å². The van der Waals surface area contributed by atoms with Crippen molar-refractivity contribution < 1.29 is 9.59 Å². The molecule has 1 aliphatic heterocycles. The van der Waals surface area contributed by atoms with Crippen LogP contribution in [0.3, 0.4) is 0 Å². The Kier molecular flexibility index (Phi) is 5.49. The number of nitrogens with one attached hydrogen (secondary N) is 1. The van der Waals surface area contributed by atoms with Crippen LogP contribution in [0.5, 0.6) is 0 Å². The highest BCUT2D eigenvalue weighted by Gasteiger charge is 2.22. The Morgan fingerprint density at radius 1 is 1.00 bits per heavy atom. The number of benzene rings is 2. The van der Waals surface area contributed by atoms with Gasteiger partial charge in [-0.2, -0.15) is 0 Å². The van der Waals surface area contributed by atoms with Gasteiger partial charge in [-0.1, -0.05) is 43.3 Å². The second-order valence-corrected chi connectivity index (χ2v) is 6.72. The summed E-state index contributed by atoms with van der Waals surface area (Å²) in [5.74, 6) is 0.537. The van der Waals surface area contributed by atoms with Gasteiger partial charge in [0.1, 0.15) is 0 Å². The van der Waals surface area contributed by atoms with Crippen molar-refractivity contribution in [3.8, 4) is 0 Å². The third-order valence-electron chi connectivity index (χ3n) is 4.74. The topological polar surface area (TPSA) is 49.4 Å². The van der Waals surface area contributed by atoms with Crippen LogP contribution in [0.1, 0.15) is 46.0 Å². The molecule has 3 rings (SSSR count). The first-order valence-electron chi connectivity index (χ1n) is 8.85. The Hall–Kier alpha value is -2.62. The molecule has 1 saturated heterocycles. The van der Waals surface area contributed by atoms with Gasteiger partial charge in [-0.15, -0.1) is 0 Å². The number of hydrogen-bond donors (Lipinski definition) is 1. The van der Waals surface area contributed by atoms with Crippen molar-refractivity contribution in [2.75, 3.05) is 13.1 Å². The van der Waals surface area contributed by atoms with Gasteiger partial charge in [-0.25, -0.2) is 0 Å². The van der Waals surface area contributed by atoms with E-state index >= 15 is 0 Å². The lowest BCUT2D eigenvalue weighted by molar-refractivity contribution is 0.0697. The van der Waals surface area contributed by atoms with E-state index in [-0.39, 0.29) is 11.8 Å². The number of amides is 2. The molecule has 0 aliphatic carbocycles. The van der Waals surface area contributed by atoms with Gasteiger partial charge >= 0.3 is 0 Å². The number of carbonyl (C=O) groups excluding carboxylic acids is 2. The quantitative estimate of drug-likeness (QED) is 0.929. The molecule has 130 valence electrons. The van der Waals surface area contributed by atoms with Gasteiger partial charge in [0.05, 0.1) is 0 Å². The van der Waals surface area contributed by atoms with E-state index in [0.717, 1.165) is 31.5 Å². The molecule has 1 fully saturated rings. The summed E-state index contributed by atoms with van der Waals surface area (Å²) in [7, 11) is 0.